The zero-order valence-corrected chi connectivity index (χ0v) is 44.2. The Morgan fingerprint density at radius 2 is 0.773 bits per heavy atom. The molecule has 0 saturated heterocycles. The van der Waals surface area contributed by atoms with E-state index in [9.17, 15) is 17.0 Å². The SMILES string of the molecule is C[SiH](C)[Zr]([Cl])([Cl])([CH]1C(CC23CC4CC(CC(C4)C2)C3)=Cc2c(-c3cccc4ccccc34)cccc21)[CH]1C(CC23CC4CC(CC(C4)C2)C3)=Cc2c(-c3cccc4ccccc34)cccc21. The average molecular weight is 1000 g/mol. The number of rotatable bonds is 9. The summed E-state index contributed by atoms with van der Waals surface area (Å²) >= 11 is -5.21. The standard InChI is InChI=1S/2C30H29.C2H7Si.2ClH.Zr/c2*1-2-8-26-24(5-1)6-3-9-27(26)28-10-4-7-25-14-23(15-29(25)28)19-30-16-20-11-21(17-30)13-22(12-20)18-30;1-3-2;;;/h2*1-10,14-15,20-22H,11-13,16-19H2;3H,1-2H3;2*1H;/q;;;;;+2/p-2. The second kappa shape index (κ2) is 15.0. The van der Waals surface area contributed by atoms with Crippen LogP contribution in [0.3, 0.4) is 0 Å². The summed E-state index contributed by atoms with van der Waals surface area (Å²) in [4.78, 5) is 0. The van der Waals surface area contributed by atoms with E-state index in [-0.39, 0.29) is 7.25 Å². The molecule has 66 heavy (non-hydrogen) atoms. The van der Waals surface area contributed by atoms with Crippen molar-refractivity contribution in [2.75, 3.05) is 0 Å². The minimum atomic E-state index is -5.21. The van der Waals surface area contributed by atoms with Crippen LogP contribution in [-0.2, 0) is 15.6 Å². The van der Waals surface area contributed by atoms with Gasteiger partial charge in [0.25, 0.3) is 0 Å². The summed E-state index contributed by atoms with van der Waals surface area (Å²) in [6.45, 7) is 5.21. The van der Waals surface area contributed by atoms with Gasteiger partial charge in [0.1, 0.15) is 0 Å². The van der Waals surface area contributed by atoms with E-state index in [2.05, 4.69) is 147 Å². The Morgan fingerprint density at radius 1 is 0.439 bits per heavy atom. The molecule has 0 aromatic heterocycles. The molecule has 10 aliphatic carbocycles. The summed E-state index contributed by atoms with van der Waals surface area (Å²) in [7, 11) is 19.0. The fraction of sp³-hybridized carbons (Fsp3) is 0.419. The van der Waals surface area contributed by atoms with E-state index in [1.54, 1.807) is 11.1 Å². The molecular weight excluding hydrogens is 935 g/mol. The van der Waals surface area contributed by atoms with E-state index in [1.165, 1.54) is 156 Å². The summed E-state index contributed by atoms with van der Waals surface area (Å²) < 4.78 is 0.215. The summed E-state index contributed by atoms with van der Waals surface area (Å²) in [6, 6.07) is 46.5. The Hall–Kier alpha value is -3.00. The minimum absolute atomic E-state index is 0.108. The number of fused-ring (bicyclic) bond motifs is 4. The van der Waals surface area contributed by atoms with Gasteiger partial charge in [0, 0.05) is 0 Å². The van der Waals surface area contributed by atoms with Crippen molar-refractivity contribution in [3.8, 4) is 22.3 Å². The van der Waals surface area contributed by atoms with Gasteiger partial charge in [0.05, 0.1) is 0 Å². The Labute approximate surface area is 402 Å². The van der Waals surface area contributed by atoms with Crippen molar-refractivity contribution in [3.63, 3.8) is 0 Å². The van der Waals surface area contributed by atoms with E-state index in [0.717, 1.165) is 35.5 Å². The topological polar surface area (TPSA) is 0 Å². The molecule has 0 spiro atoms. The summed E-state index contributed by atoms with van der Waals surface area (Å²) in [5.74, 6) is 3.64. The first-order valence-electron chi connectivity index (χ1n) is 26.2. The first-order chi connectivity index (χ1) is 32.0. The molecule has 8 bridgehead atoms. The molecule has 4 heteroatoms. The van der Waals surface area contributed by atoms with Crippen LogP contribution in [-0.4, -0.2) is 5.92 Å². The first kappa shape index (κ1) is 41.9. The number of hydrogen-bond acceptors (Lipinski definition) is 0. The first-order valence-corrected chi connectivity index (χ1v) is 42.5. The second-order valence-electron chi connectivity index (χ2n) is 24.5. The Kier molecular flexibility index (Phi) is 9.53. The predicted octanol–water partition coefficient (Wildman–Crippen LogP) is 18.1. The van der Waals surface area contributed by atoms with Crippen molar-refractivity contribution >= 4 is 56.6 Å². The zero-order valence-electron chi connectivity index (χ0n) is 39.1. The van der Waals surface area contributed by atoms with Crippen LogP contribution < -0.4 is 0 Å². The quantitative estimate of drug-likeness (QED) is 0.127. The maximum absolute atomic E-state index is 9.50. The Morgan fingerprint density at radius 3 is 1.15 bits per heavy atom. The average Bonchev–Trinajstić information content (AvgIpc) is 3.86. The van der Waals surface area contributed by atoms with E-state index in [1.807, 2.05) is 0 Å². The normalized spacial score (nSPS) is 33.0. The third-order valence-corrected chi connectivity index (χ3v) is 72.0. The summed E-state index contributed by atoms with van der Waals surface area (Å²) in [6.07, 6.45) is 25.1. The molecule has 0 aliphatic heterocycles. The van der Waals surface area contributed by atoms with Gasteiger partial charge in [-0.2, -0.15) is 0 Å². The van der Waals surface area contributed by atoms with Crippen LogP contribution in [0.4, 0.5) is 0 Å². The molecule has 0 nitrogen and oxygen atoms in total. The van der Waals surface area contributed by atoms with Gasteiger partial charge in [-0.1, -0.05) is 0 Å². The van der Waals surface area contributed by atoms with E-state index < -0.39 is 21.5 Å². The molecule has 0 heterocycles. The van der Waals surface area contributed by atoms with Gasteiger partial charge in [0.15, 0.2) is 0 Å². The van der Waals surface area contributed by atoms with Crippen molar-refractivity contribution in [2.45, 2.75) is 110 Å². The van der Waals surface area contributed by atoms with Crippen LogP contribution in [0.2, 0.25) is 13.1 Å². The number of benzene rings is 6. The van der Waals surface area contributed by atoms with Gasteiger partial charge in [-0.3, -0.25) is 0 Å². The van der Waals surface area contributed by atoms with Crippen molar-refractivity contribution < 1.29 is 15.6 Å². The van der Waals surface area contributed by atoms with Crippen LogP contribution in [0.5, 0.6) is 0 Å². The van der Waals surface area contributed by atoms with Gasteiger partial charge in [-0.05, 0) is 0 Å². The molecule has 2 atom stereocenters. The van der Waals surface area contributed by atoms with E-state index in [4.69, 9.17) is 0 Å². The van der Waals surface area contributed by atoms with Crippen LogP contribution in [0.15, 0.2) is 132 Å². The van der Waals surface area contributed by atoms with Gasteiger partial charge >= 0.3 is 406 Å². The van der Waals surface area contributed by atoms with Crippen LogP contribution in [0, 0.1) is 46.3 Å². The zero-order chi connectivity index (χ0) is 44.2. The molecule has 8 saturated carbocycles. The van der Waals surface area contributed by atoms with Crippen molar-refractivity contribution in [2.24, 2.45) is 46.3 Å². The van der Waals surface area contributed by atoms with Crippen LogP contribution >= 0.6 is 17.0 Å². The summed E-state index contributed by atoms with van der Waals surface area (Å²) in [5, 5.41) is 5.27. The molecule has 0 amide bonds. The molecule has 0 N–H and O–H groups in total. The second-order valence-corrected chi connectivity index (χ2v) is 67.1. The molecule has 335 valence electrons. The fourth-order valence-electron chi connectivity index (χ4n) is 18.6. The van der Waals surface area contributed by atoms with Crippen molar-refractivity contribution in [3.05, 3.63) is 155 Å². The maximum atomic E-state index is 9.50. The van der Waals surface area contributed by atoms with E-state index >= 15 is 0 Å². The molecule has 6 aromatic rings. The third kappa shape index (κ3) is 6.28. The van der Waals surface area contributed by atoms with Gasteiger partial charge < -0.3 is 0 Å². The van der Waals surface area contributed by atoms with Gasteiger partial charge in [0.2, 0.25) is 0 Å². The summed E-state index contributed by atoms with van der Waals surface area (Å²) in [5.41, 5.74) is 15.2. The third-order valence-electron chi connectivity index (χ3n) is 20.2. The van der Waals surface area contributed by atoms with Gasteiger partial charge in [-0.15, -0.1) is 0 Å². The predicted molar refractivity (Wildman–Crippen MR) is 281 cm³/mol. The molecule has 10 aliphatic rings. The van der Waals surface area contributed by atoms with Crippen molar-refractivity contribution in [1.82, 2.24) is 0 Å². The Balaban J connectivity index is 0.989. The van der Waals surface area contributed by atoms with Crippen molar-refractivity contribution in [1.29, 1.82) is 0 Å². The number of allylic oxidation sites excluding steroid dienone is 2. The Bertz CT molecular complexity index is 2780. The van der Waals surface area contributed by atoms with Gasteiger partial charge in [-0.25, -0.2) is 0 Å². The molecule has 16 rings (SSSR count). The fourth-order valence-corrected chi connectivity index (χ4v) is 49.9. The monoisotopic (exact) mass is 997 g/mol. The molecule has 2 unspecified atom stereocenters. The van der Waals surface area contributed by atoms with Crippen LogP contribution in [0.25, 0.3) is 56.0 Å². The molecule has 0 radical (unpaired) electrons. The van der Waals surface area contributed by atoms with Crippen LogP contribution in [0.1, 0.15) is 119 Å². The molecular formula is C62H65Cl2SiZr. The molecule has 8 fully saturated rings. The van der Waals surface area contributed by atoms with E-state index in [0.29, 0.717) is 10.8 Å². The number of hydrogen-bond donors (Lipinski definition) is 0. The number of halogens is 2. The molecule has 6 aromatic carbocycles.